The summed E-state index contributed by atoms with van der Waals surface area (Å²) in [5, 5.41) is 0. The van der Waals surface area contributed by atoms with Crippen molar-refractivity contribution in [2.75, 3.05) is 6.66 Å². The third kappa shape index (κ3) is 6.31. The van der Waals surface area contributed by atoms with Crippen LogP contribution in [-0.4, -0.2) is 30.2 Å². The minimum atomic E-state index is -0.329. The van der Waals surface area contributed by atoms with Crippen LogP contribution in [-0.2, 0) is 35.5 Å². The lowest BCUT2D eigenvalue weighted by Crippen LogP contribution is -2.38. The summed E-state index contributed by atoms with van der Waals surface area (Å²) in [5.74, 6) is 0. The first-order valence-electron chi connectivity index (χ1n) is 12.9. The lowest BCUT2D eigenvalue weighted by molar-refractivity contribution is -0.0786. The molecule has 1 saturated heterocycles. The van der Waals surface area contributed by atoms with Gasteiger partial charge in [0.15, 0.2) is 0 Å². The normalized spacial score (nSPS) is 23.5. The summed E-state index contributed by atoms with van der Waals surface area (Å²) in [6, 6.07) is 42.9. The van der Waals surface area contributed by atoms with Gasteiger partial charge in [-0.3, -0.25) is 0 Å². The number of benzene rings is 4. The van der Waals surface area contributed by atoms with Crippen LogP contribution in [0.2, 0.25) is 0 Å². The molecule has 0 amide bonds. The van der Waals surface area contributed by atoms with Crippen molar-refractivity contribution in [1.29, 1.82) is 0 Å². The Morgan fingerprint density at radius 3 is 1.11 bits per heavy atom. The van der Waals surface area contributed by atoms with Gasteiger partial charge in [-0.05, 0) is 41.8 Å². The van der Waals surface area contributed by atoms with Crippen molar-refractivity contribution in [3.05, 3.63) is 144 Å². The predicted octanol–water partition coefficient (Wildman–Crippen LogP) is 7.51. The van der Waals surface area contributed by atoms with Gasteiger partial charge in [0.25, 0.3) is 0 Å². The smallest absolute Gasteiger partial charge is 0.0918 e. The Bertz CT molecular complexity index is 1070. The largest absolute Gasteiger partial charge is 0.370 e. The molecule has 0 aliphatic carbocycles. The van der Waals surface area contributed by atoms with E-state index in [0.29, 0.717) is 24.5 Å². The standard InChI is InChI=1S/C33H35O2P/c1-36-30(22-26-14-6-2-7-15-26)32(34-24-28-18-10-4-11-19-28)33(35-25-29-20-12-5-13-21-29)31(36)23-27-16-8-3-9-17-27/h2-21,30-33H,22-25H2,1H3. The van der Waals surface area contributed by atoms with Crippen molar-refractivity contribution in [3.63, 3.8) is 0 Å². The molecule has 4 aromatic rings. The molecular formula is C33H35O2P. The molecule has 36 heavy (non-hydrogen) atoms. The van der Waals surface area contributed by atoms with Gasteiger partial charge in [-0.25, -0.2) is 0 Å². The summed E-state index contributed by atoms with van der Waals surface area (Å²) in [6.45, 7) is 3.70. The van der Waals surface area contributed by atoms with Gasteiger partial charge in [0, 0.05) is 11.3 Å². The van der Waals surface area contributed by atoms with Crippen LogP contribution in [0.25, 0.3) is 0 Å². The summed E-state index contributed by atoms with van der Waals surface area (Å²) in [5.41, 5.74) is 6.08. The molecule has 3 heteroatoms. The van der Waals surface area contributed by atoms with Gasteiger partial charge in [-0.15, -0.1) is 0 Å². The molecule has 1 aliphatic heterocycles. The average molecular weight is 495 g/mol. The van der Waals surface area contributed by atoms with E-state index in [-0.39, 0.29) is 20.1 Å². The maximum absolute atomic E-state index is 6.80. The van der Waals surface area contributed by atoms with Gasteiger partial charge in [-0.2, -0.15) is 0 Å². The highest BCUT2D eigenvalue weighted by Crippen LogP contribution is 2.57. The van der Waals surface area contributed by atoms with Gasteiger partial charge < -0.3 is 9.47 Å². The molecule has 4 atom stereocenters. The fourth-order valence-corrected chi connectivity index (χ4v) is 8.25. The fraction of sp³-hybridized carbons (Fsp3) is 0.273. The Kier molecular flexibility index (Phi) is 8.62. The zero-order valence-corrected chi connectivity index (χ0v) is 21.8. The lowest BCUT2D eigenvalue weighted by atomic mass is 9.98. The predicted molar refractivity (Wildman–Crippen MR) is 151 cm³/mol. The zero-order valence-electron chi connectivity index (χ0n) is 20.9. The van der Waals surface area contributed by atoms with Crippen LogP contribution in [0, 0.1) is 0 Å². The lowest BCUT2D eigenvalue weighted by Gasteiger charge is -2.27. The highest BCUT2D eigenvalue weighted by Gasteiger charge is 2.49. The molecule has 0 saturated carbocycles. The molecule has 1 heterocycles. The average Bonchev–Trinajstić information content (AvgIpc) is 3.18. The van der Waals surface area contributed by atoms with Gasteiger partial charge >= 0.3 is 0 Å². The van der Waals surface area contributed by atoms with Crippen LogP contribution >= 0.6 is 7.92 Å². The molecule has 0 bridgehead atoms. The second-order valence-corrected chi connectivity index (χ2v) is 12.4. The second-order valence-electron chi connectivity index (χ2n) is 9.70. The first-order valence-corrected chi connectivity index (χ1v) is 14.8. The summed E-state index contributed by atoms with van der Waals surface area (Å²) in [6.07, 6.45) is 2.16. The maximum atomic E-state index is 6.80. The van der Waals surface area contributed by atoms with Crippen molar-refractivity contribution < 1.29 is 9.47 Å². The topological polar surface area (TPSA) is 18.5 Å². The van der Waals surface area contributed by atoms with Crippen molar-refractivity contribution >= 4 is 7.92 Å². The summed E-state index contributed by atoms with van der Waals surface area (Å²) >= 11 is 0. The van der Waals surface area contributed by atoms with Crippen molar-refractivity contribution in [3.8, 4) is 0 Å². The monoisotopic (exact) mass is 494 g/mol. The fourth-order valence-electron chi connectivity index (χ4n) is 5.32. The van der Waals surface area contributed by atoms with E-state index in [1.807, 2.05) is 0 Å². The molecule has 0 N–H and O–H groups in total. The Morgan fingerprint density at radius 1 is 0.472 bits per heavy atom. The van der Waals surface area contributed by atoms with Crippen molar-refractivity contribution in [2.24, 2.45) is 0 Å². The van der Waals surface area contributed by atoms with Gasteiger partial charge in [0.1, 0.15) is 0 Å². The molecule has 5 rings (SSSR count). The highest BCUT2D eigenvalue weighted by molar-refractivity contribution is 7.59. The van der Waals surface area contributed by atoms with Crippen LogP contribution in [0.3, 0.4) is 0 Å². The Labute approximate surface area is 217 Å². The summed E-state index contributed by atoms with van der Waals surface area (Å²) < 4.78 is 13.6. The first kappa shape index (κ1) is 24.9. The van der Waals surface area contributed by atoms with E-state index >= 15 is 0 Å². The van der Waals surface area contributed by atoms with Gasteiger partial charge in [0.2, 0.25) is 0 Å². The van der Waals surface area contributed by atoms with E-state index in [4.69, 9.17) is 9.47 Å². The van der Waals surface area contributed by atoms with Crippen LogP contribution in [0.15, 0.2) is 121 Å². The molecule has 1 aliphatic rings. The van der Waals surface area contributed by atoms with Gasteiger partial charge in [-0.1, -0.05) is 129 Å². The summed E-state index contributed by atoms with van der Waals surface area (Å²) in [7, 11) is -0.329. The molecular weight excluding hydrogens is 459 g/mol. The van der Waals surface area contributed by atoms with Crippen LogP contribution < -0.4 is 0 Å². The third-order valence-electron chi connectivity index (χ3n) is 7.27. The van der Waals surface area contributed by atoms with Crippen molar-refractivity contribution in [2.45, 2.75) is 49.6 Å². The van der Waals surface area contributed by atoms with E-state index < -0.39 is 0 Å². The highest BCUT2D eigenvalue weighted by atomic mass is 31.1. The molecule has 1 fully saturated rings. The molecule has 0 aromatic heterocycles. The van der Waals surface area contributed by atoms with E-state index in [9.17, 15) is 0 Å². The quantitative estimate of drug-likeness (QED) is 0.213. The molecule has 2 nitrogen and oxygen atoms in total. The third-order valence-corrected chi connectivity index (χ3v) is 10.3. The van der Waals surface area contributed by atoms with E-state index in [0.717, 1.165) is 12.8 Å². The van der Waals surface area contributed by atoms with Crippen molar-refractivity contribution in [1.82, 2.24) is 0 Å². The maximum Gasteiger partial charge on any atom is 0.0918 e. The Morgan fingerprint density at radius 2 is 0.778 bits per heavy atom. The minimum absolute atomic E-state index is 0.0546. The number of hydrogen-bond acceptors (Lipinski definition) is 2. The van der Waals surface area contributed by atoms with Crippen LogP contribution in [0.1, 0.15) is 22.3 Å². The molecule has 4 unspecified atom stereocenters. The number of rotatable bonds is 10. The van der Waals surface area contributed by atoms with E-state index in [1.54, 1.807) is 0 Å². The molecule has 0 spiro atoms. The number of ether oxygens (including phenoxy) is 2. The zero-order chi connectivity index (χ0) is 24.6. The summed E-state index contributed by atoms with van der Waals surface area (Å²) in [4.78, 5) is 0. The first-order chi connectivity index (χ1) is 17.8. The van der Waals surface area contributed by atoms with Crippen LogP contribution in [0.5, 0.6) is 0 Å². The SMILES string of the molecule is CP1C(Cc2ccccc2)C(OCc2ccccc2)C(OCc2ccccc2)C1Cc1ccccc1. The van der Waals surface area contributed by atoms with E-state index in [2.05, 4.69) is 128 Å². The van der Waals surface area contributed by atoms with Crippen LogP contribution in [0.4, 0.5) is 0 Å². The molecule has 4 aromatic carbocycles. The number of hydrogen-bond donors (Lipinski definition) is 0. The van der Waals surface area contributed by atoms with Gasteiger partial charge in [0.05, 0.1) is 25.4 Å². The molecule has 184 valence electrons. The Hall–Kier alpha value is -2.77. The minimum Gasteiger partial charge on any atom is -0.370 e. The van der Waals surface area contributed by atoms with E-state index in [1.165, 1.54) is 22.3 Å². The second kappa shape index (κ2) is 12.5. The Balaban J connectivity index is 1.44. The molecule has 0 radical (unpaired) electrons.